The molecule has 2 aromatic carbocycles. The molecule has 174 valence electrons. The van der Waals surface area contributed by atoms with Crippen molar-refractivity contribution in [1.82, 2.24) is 4.90 Å². The van der Waals surface area contributed by atoms with Crippen LogP contribution in [0, 0.1) is 0 Å². The lowest BCUT2D eigenvalue weighted by Gasteiger charge is -2.26. The Bertz CT molecular complexity index is 1080. The van der Waals surface area contributed by atoms with E-state index in [1.54, 1.807) is 12.1 Å². The number of benzene rings is 2. The van der Waals surface area contributed by atoms with E-state index >= 15 is 0 Å². The number of nitrogens with zero attached hydrogens (tertiary/aromatic N) is 1. The predicted octanol–water partition coefficient (Wildman–Crippen LogP) is 5.02. The average Bonchev–Trinajstić information content (AvgIpc) is 3.24. The molecule has 6 heteroatoms. The third-order valence-electron chi connectivity index (χ3n) is 5.94. The first-order chi connectivity index (χ1) is 16.2. The van der Waals surface area contributed by atoms with E-state index < -0.39 is 0 Å². The summed E-state index contributed by atoms with van der Waals surface area (Å²) in [7, 11) is 0. The SMILES string of the molecule is CCCCc1oc2ccccc2c1C(=O)c1ccc(OCCCC(=O)N2CCOCC2)cc1. The van der Waals surface area contributed by atoms with Crippen LogP contribution in [0.3, 0.4) is 0 Å². The highest BCUT2D eigenvalue weighted by Gasteiger charge is 2.21. The molecule has 0 saturated carbocycles. The van der Waals surface area contributed by atoms with E-state index in [1.165, 1.54) is 0 Å². The Labute approximate surface area is 194 Å². The number of para-hydroxylation sites is 1. The van der Waals surface area contributed by atoms with Crippen LogP contribution in [0.15, 0.2) is 52.9 Å². The van der Waals surface area contributed by atoms with Crippen molar-refractivity contribution < 1.29 is 23.5 Å². The van der Waals surface area contributed by atoms with Gasteiger partial charge in [0.05, 0.1) is 25.4 Å². The molecule has 2 heterocycles. The van der Waals surface area contributed by atoms with Gasteiger partial charge in [-0.25, -0.2) is 0 Å². The Kier molecular flexibility index (Phi) is 7.79. The van der Waals surface area contributed by atoms with E-state index in [1.807, 2.05) is 41.3 Å². The van der Waals surface area contributed by atoms with Crippen molar-refractivity contribution in [2.75, 3.05) is 32.9 Å². The Balaban J connectivity index is 1.36. The molecular weight excluding hydrogens is 418 g/mol. The highest BCUT2D eigenvalue weighted by molar-refractivity contribution is 6.16. The molecule has 1 fully saturated rings. The van der Waals surface area contributed by atoms with Crippen LogP contribution < -0.4 is 4.74 Å². The monoisotopic (exact) mass is 449 g/mol. The summed E-state index contributed by atoms with van der Waals surface area (Å²) in [6.45, 7) is 5.14. The van der Waals surface area contributed by atoms with Gasteiger partial charge in [0, 0.05) is 36.9 Å². The number of ether oxygens (including phenoxy) is 2. The Morgan fingerprint density at radius 1 is 1.00 bits per heavy atom. The van der Waals surface area contributed by atoms with E-state index in [9.17, 15) is 9.59 Å². The standard InChI is InChI=1S/C27H31NO5/c1-2-3-8-24-26(22-7-4-5-9-23(22)33-24)27(30)20-11-13-21(14-12-20)32-17-6-10-25(29)28-15-18-31-19-16-28/h4-5,7,9,11-14H,2-3,6,8,10,15-19H2,1H3. The van der Waals surface area contributed by atoms with Gasteiger partial charge in [0.25, 0.3) is 0 Å². The zero-order valence-electron chi connectivity index (χ0n) is 19.2. The maximum absolute atomic E-state index is 13.4. The maximum atomic E-state index is 13.4. The summed E-state index contributed by atoms with van der Waals surface area (Å²) < 4.78 is 17.1. The molecule has 0 bridgehead atoms. The first-order valence-corrected chi connectivity index (χ1v) is 11.8. The number of carbonyl (C=O) groups is 2. The third kappa shape index (κ3) is 5.63. The lowest BCUT2D eigenvalue weighted by Crippen LogP contribution is -2.40. The number of morpholine rings is 1. The molecule has 1 saturated heterocycles. The quantitative estimate of drug-likeness (QED) is 0.321. The minimum Gasteiger partial charge on any atom is -0.494 e. The van der Waals surface area contributed by atoms with E-state index in [-0.39, 0.29) is 11.7 Å². The summed E-state index contributed by atoms with van der Waals surface area (Å²) in [5, 5.41) is 0.860. The number of aryl methyl sites for hydroxylation is 1. The van der Waals surface area contributed by atoms with Gasteiger partial charge in [-0.15, -0.1) is 0 Å². The van der Waals surface area contributed by atoms with Crippen molar-refractivity contribution >= 4 is 22.7 Å². The first-order valence-electron chi connectivity index (χ1n) is 11.8. The van der Waals surface area contributed by atoms with Crippen LogP contribution >= 0.6 is 0 Å². The molecule has 3 aromatic rings. The maximum Gasteiger partial charge on any atom is 0.222 e. The second-order valence-electron chi connectivity index (χ2n) is 8.30. The lowest BCUT2D eigenvalue weighted by atomic mass is 9.98. The van der Waals surface area contributed by atoms with Gasteiger partial charge in [-0.1, -0.05) is 31.5 Å². The molecule has 1 aliphatic heterocycles. The number of furan rings is 1. The number of rotatable bonds is 10. The molecule has 1 amide bonds. The van der Waals surface area contributed by atoms with Gasteiger partial charge in [0.15, 0.2) is 5.78 Å². The fourth-order valence-electron chi connectivity index (χ4n) is 4.09. The third-order valence-corrected chi connectivity index (χ3v) is 5.94. The summed E-state index contributed by atoms with van der Waals surface area (Å²) in [6.07, 6.45) is 3.87. The molecule has 1 aromatic heterocycles. The van der Waals surface area contributed by atoms with Crippen LogP contribution in [-0.2, 0) is 16.0 Å². The highest BCUT2D eigenvalue weighted by atomic mass is 16.5. The Morgan fingerprint density at radius 3 is 2.52 bits per heavy atom. The van der Waals surface area contributed by atoms with Crippen molar-refractivity contribution in [2.24, 2.45) is 0 Å². The van der Waals surface area contributed by atoms with Crippen LogP contribution in [0.1, 0.15) is 54.3 Å². The number of hydrogen-bond acceptors (Lipinski definition) is 5. The van der Waals surface area contributed by atoms with Crippen molar-refractivity contribution in [3.8, 4) is 5.75 Å². The van der Waals surface area contributed by atoms with Crippen molar-refractivity contribution in [2.45, 2.75) is 39.0 Å². The lowest BCUT2D eigenvalue weighted by molar-refractivity contribution is -0.135. The molecule has 0 aliphatic carbocycles. The molecule has 33 heavy (non-hydrogen) atoms. The van der Waals surface area contributed by atoms with Gasteiger partial charge in [-0.2, -0.15) is 0 Å². The van der Waals surface area contributed by atoms with Crippen LogP contribution in [0.5, 0.6) is 5.75 Å². The second kappa shape index (κ2) is 11.1. The van der Waals surface area contributed by atoms with Crippen molar-refractivity contribution in [3.05, 3.63) is 65.4 Å². The van der Waals surface area contributed by atoms with Gasteiger partial charge >= 0.3 is 0 Å². The molecular formula is C27H31NO5. The van der Waals surface area contributed by atoms with Gasteiger partial charge in [0.1, 0.15) is 17.1 Å². The fourth-order valence-corrected chi connectivity index (χ4v) is 4.09. The highest BCUT2D eigenvalue weighted by Crippen LogP contribution is 2.29. The molecule has 0 atom stereocenters. The molecule has 0 unspecified atom stereocenters. The van der Waals surface area contributed by atoms with Crippen molar-refractivity contribution in [1.29, 1.82) is 0 Å². The number of hydrogen-bond donors (Lipinski definition) is 0. The minimum atomic E-state index is -0.0336. The van der Waals surface area contributed by atoms with E-state index in [0.717, 1.165) is 36.0 Å². The Morgan fingerprint density at radius 2 is 1.76 bits per heavy atom. The molecule has 6 nitrogen and oxygen atoms in total. The number of ketones is 1. The molecule has 0 radical (unpaired) electrons. The minimum absolute atomic E-state index is 0.0336. The largest absolute Gasteiger partial charge is 0.494 e. The number of fused-ring (bicyclic) bond motifs is 1. The van der Waals surface area contributed by atoms with Gasteiger partial charge < -0.3 is 18.8 Å². The van der Waals surface area contributed by atoms with E-state index in [4.69, 9.17) is 13.9 Å². The number of carbonyl (C=O) groups excluding carboxylic acids is 2. The van der Waals surface area contributed by atoms with E-state index in [2.05, 4.69) is 6.92 Å². The Hall–Kier alpha value is -3.12. The summed E-state index contributed by atoms with van der Waals surface area (Å²) >= 11 is 0. The predicted molar refractivity (Wildman–Crippen MR) is 127 cm³/mol. The van der Waals surface area contributed by atoms with Crippen LogP contribution in [0.4, 0.5) is 0 Å². The van der Waals surface area contributed by atoms with Gasteiger partial charge in [0.2, 0.25) is 5.91 Å². The summed E-state index contributed by atoms with van der Waals surface area (Å²) in [6, 6.07) is 14.9. The summed E-state index contributed by atoms with van der Waals surface area (Å²) in [4.78, 5) is 27.4. The molecule has 4 rings (SSSR count). The van der Waals surface area contributed by atoms with Crippen LogP contribution in [0.25, 0.3) is 11.0 Å². The van der Waals surface area contributed by atoms with Crippen molar-refractivity contribution in [3.63, 3.8) is 0 Å². The van der Waals surface area contributed by atoms with Crippen LogP contribution in [0.2, 0.25) is 0 Å². The smallest absolute Gasteiger partial charge is 0.222 e. The number of amides is 1. The second-order valence-corrected chi connectivity index (χ2v) is 8.30. The average molecular weight is 450 g/mol. The molecule has 0 spiro atoms. The zero-order valence-corrected chi connectivity index (χ0v) is 19.2. The van der Waals surface area contributed by atoms with E-state index in [0.29, 0.717) is 62.6 Å². The normalized spacial score (nSPS) is 13.9. The van der Waals surface area contributed by atoms with Gasteiger partial charge in [-0.3, -0.25) is 9.59 Å². The summed E-state index contributed by atoms with van der Waals surface area (Å²) in [5.41, 5.74) is 2.02. The topological polar surface area (TPSA) is 69.0 Å². The molecule has 1 aliphatic rings. The molecule has 0 N–H and O–H groups in total. The van der Waals surface area contributed by atoms with Crippen LogP contribution in [-0.4, -0.2) is 49.5 Å². The number of unbranched alkanes of at least 4 members (excludes halogenated alkanes) is 1. The first kappa shape index (κ1) is 23.1. The van der Waals surface area contributed by atoms with Gasteiger partial charge in [-0.05, 0) is 43.2 Å². The zero-order chi connectivity index (χ0) is 23.0. The fraction of sp³-hybridized carbons (Fsp3) is 0.407. The summed E-state index contributed by atoms with van der Waals surface area (Å²) in [5.74, 6) is 1.56.